The Morgan fingerprint density at radius 3 is 1.49 bits per heavy atom. The van der Waals surface area contributed by atoms with Gasteiger partial charge in [0.1, 0.15) is 39.0 Å². The summed E-state index contributed by atoms with van der Waals surface area (Å²) in [7, 11) is 0. The van der Waals surface area contributed by atoms with Crippen LogP contribution < -0.4 is 4.90 Å². The van der Waals surface area contributed by atoms with Crippen LogP contribution in [0.25, 0.3) is 99.5 Å². The van der Waals surface area contributed by atoms with Crippen LogP contribution in [0, 0.1) is 0 Å². The lowest BCUT2D eigenvalue weighted by molar-refractivity contribution is 0.620. The maximum absolute atomic E-state index is 6.32. The smallest absolute Gasteiger partial charge is 0.227 e. The van der Waals surface area contributed by atoms with Gasteiger partial charge in [-0.05, 0) is 102 Å². The lowest BCUT2D eigenvalue weighted by atomic mass is 10.0. The van der Waals surface area contributed by atoms with Gasteiger partial charge in [-0.3, -0.25) is 0 Å². The van der Waals surface area contributed by atoms with Crippen molar-refractivity contribution in [2.24, 2.45) is 0 Å². The summed E-state index contributed by atoms with van der Waals surface area (Å²) in [5.74, 6) is 0.596. The van der Waals surface area contributed by atoms with E-state index in [0.29, 0.717) is 5.89 Å². The van der Waals surface area contributed by atoms with Crippen LogP contribution in [0.3, 0.4) is 0 Å². The van der Waals surface area contributed by atoms with Crippen molar-refractivity contribution < 1.29 is 17.7 Å². The number of hydrogen-bond donors (Lipinski definition) is 0. The molecule has 6 heteroatoms. The number of nitrogens with zero attached hydrogens (tertiary/aromatic N) is 2. The average Bonchev–Trinajstić information content (AvgIpc) is 4.01. The number of aromatic nitrogens is 1. The van der Waals surface area contributed by atoms with Gasteiger partial charge in [0.05, 0.1) is 0 Å². The molecule has 0 unspecified atom stereocenters. The van der Waals surface area contributed by atoms with Crippen molar-refractivity contribution in [1.82, 2.24) is 4.98 Å². The van der Waals surface area contributed by atoms with Gasteiger partial charge in [-0.25, -0.2) is 4.98 Å². The standard InChI is InChI=1S/C49H28N2O4/c1-2-8-30(9-3-1)49-50-41-28-47-40(27-48(41)55-49)37-24-31(16-21-44(37)54-47)29-14-17-32(18-15-29)51(33-19-22-45-38(25-33)35-10-4-6-12-42(35)52-45)34-20-23-46-39(26-34)36-11-5-7-13-43(36)53-46/h1-28H. The Morgan fingerprint density at radius 2 is 0.818 bits per heavy atom. The van der Waals surface area contributed by atoms with Crippen LogP contribution in [0.5, 0.6) is 0 Å². The molecule has 0 N–H and O–H groups in total. The first-order valence-electron chi connectivity index (χ1n) is 18.3. The van der Waals surface area contributed by atoms with Crippen LogP contribution in [-0.2, 0) is 0 Å². The van der Waals surface area contributed by atoms with E-state index in [9.17, 15) is 0 Å². The van der Waals surface area contributed by atoms with E-state index in [1.165, 1.54) is 0 Å². The van der Waals surface area contributed by atoms with Crippen LogP contribution in [0.1, 0.15) is 0 Å². The number of anilines is 3. The molecule has 0 radical (unpaired) electrons. The van der Waals surface area contributed by atoms with E-state index in [1.54, 1.807) is 0 Å². The first kappa shape index (κ1) is 29.9. The van der Waals surface area contributed by atoms with Gasteiger partial charge in [-0.15, -0.1) is 0 Å². The third-order valence-corrected chi connectivity index (χ3v) is 10.7. The Labute approximate surface area is 313 Å². The molecule has 0 fully saturated rings. The molecule has 0 saturated heterocycles. The second-order valence-corrected chi connectivity index (χ2v) is 14.0. The summed E-state index contributed by atoms with van der Waals surface area (Å²) < 4.78 is 24.9. The summed E-state index contributed by atoms with van der Waals surface area (Å²) in [5, 5.41) is 6.35. The van der Waals surface area contributed by atoms with E-state index >= 15 is 0 Å². The van der Waals surface area contributed by atoms with E-state index in [-0.39, 0.29) is 0 Å². The molecule has 0 spiro atoms. The average molecular weight is 709 g/mol. The summed E-state index contributed by atoms with van der Waals surface area (Å²) in [6.45, 7) is 0. The van der Waals surface area contributed by atoms with Gasteiger partial charge in [0, 0.05) is 61.0 Å². The molecule has 258 valence electrons. The Hall–Kier alpha value is -7.57. The second kappa shape index (κ2) is 11.5. The molecular weight excluding hydrogens is 681 g/mol. The minimum Gasteiger partial charge on any atom is -0.456 e. The van der Waals surface area contributed by atoms with Gasteiger partial charge in [-0.1, -0.05) is 72.8 Å². The number of fused-ring (bicyclic) bond motifs is 10. The van der Waals surface area contributed by atoms with Crippen molar-refractivity contribution in [3.63, 3.8) is 0 Å². The van der Waals surface area contributed by atoms with Crippen LogP contribution >= 0.6 is 0 Å². The summed E-state index contributed by atoms with van der Waals surface area (Å²) >= 11 is 0. The third-order valence-electron chi connectivity index (χ3n) is 10.7. The molecule has 4 heterocycles. The summed E-state index contributed by atoms with van der Waals surface area (Å²) in [5.41, 5.74) is 12.8. The van der Waals surface area contributed by atoms with E-state index in [2.05, 4.69) is 102 Å². The second-order valence-electron chi connectivity index (χ2n) is 14.0. The highest BCUT2D eigenvalue weighted by atomic mass is 16.4. The molecule has 0 amide bonds. The zero-order chi connectivity index (χ0) is 36.0. The highest BCUT2D eigenvalue weighted by Crippen LogP contribution is 2.42. The summed E-state index contributed by atoms with van der Waals surface area (Å²) in [4.78, 5) is 7.04. The molecule has 0 aliphatic carbocycles. The first-order valence-corrected chi connectivity index (χ1v) is 18.3. The Bertz CT molecular complexity index is 3330. The van der Waals surface area contributed by atoms with Crippen molar-refractivity contribution >= 4 is 94.0 Å². The molecule has 12 rings (SSSR count). The van der Waals surface area contributed by atoms with Gasteiger partial charge in [0.2, 0.25) is 5.89 Å². The van der Waals surface area contributed by atoms with Crippen LogP contribution in [0.4, 0.5) is 17.1 Å². The quantitative estimate of drug-likeness (QED) is 0.177. The Balaban J connectivity index is 0.968. The molecule has 55 heavy (non-hydrogen) atoms. The zero-order valence-electron chi connectivity index (χ0n) is 29.2. The van der Waals surface area contributed by atoms with Crippen LogP contribution in [-0.4, -0.2) is 4.98 Å². The van der Waals surface area contributed by atoms with Crippen molar-refractivity contribution in [3.05, 3.63) is 170 Å². The molecule has 0 atom stereocenters. The number of rotatable bonds is 5. The topological polar surface area (TPSA) is 68.7 Å². The van der Waals surface area contributed by atoms with E-state index < -0.39 is 0 Å². The normalized spacial score (nSPS) is 12.0. The lowest BCUT2D eigenvalue weighted by Crippen LogP contribution is -2.09. The van der Waals surface area contributed by atoms with Gasteiger partial charge < -0.3 is 22.6 Å². The number of para-hydroxylation sites is 2. The van der Waals surface area contributed by atoms with Gasteiger partial charge in [0.15, 0.2) is 5.58 Å². The fourth-order valence-electron chi connectivity index (χ4n) is 8.04. The van der Waals surface area contributed by atoms with E-state index in [1.807, 2.05) is 72.8 Å². The fourth-order valence-corrected chi connectivity index (χ4v) is 8.04. The molecule has 0 saturated carbocycles. The van der Waals surface area contributed by atoms with Gasteiger partial charge >= 0.3 is 0 Å². The van der Waals surface area contributed by atoms with Gasteiger partial charge in [0.25, 0.3) is 0 Å². The molecular formula is C49H28N2O4. The molecule has 0 aliphatic heterocycles. The van der Waals surface area contributed by atoms with Crippen LogP contribution in [0.2, 0.25) is 0 Å². The maximum atomic E-state index is 6.32. The maximum Gasteiger partial charge on any atom is 0.227 e. The Kier molecular flexibility index (Phi) is 6.24. The predicted molar refractivity (Wildman–Crippen MR) is 221 cm³/mol. The number of furan rings is 3. The third kappa shape index (κ3) is 4.71. The van der Waals surface area contributed by atoms with Crippen molar-refractivity contribution in [2.45, 2.75) is 0 Å². The SMILES string of the molecule is c1ccc(-c2nc3cc4oc5ccc(-c6ccc(N(c7ccc8oc9ccccc9c8c7)c7ccc8oc9ccccc9c8c7)cc6)cc5c4cc3o2)cc1. The van der Waals surface area contributed by atoms with Crippen molar-refractivity contribution in [3.8, 4) is 22.6 Å². The zero-order valence-corrected chi connectivity index (χ0v) is 29.2. The fraction of sp³-hybridized carbons (Fsp3) is 0. The molecule has 0 bridgehead atoms. The Morgan fingerprint density at radius 1 is 0.309 bits per heavy atom. The van der Waals surface area contributed by atoms with Crippen molar-refractivity contribution in [2.75, 3.05) is 4.90 Å². The number of oxazole rings is 1. The minimum atomic E-state index is 0.596. The van der Waals surface area contributed by atoms with E-state index in [0.717, 1.165) is 111 Å². The molecule has 8 aromatic carbocycles. The van der Waals surface area contributed by atoms with Gasteiger partial charge in [-0.2, -0.15) is 0 Å². The van der Waals surface area contributed by atoms with Crippen LogP contribution in [0.15, 0.2) is 188 Å². The minimum absolute atomic E-state index is 0.596. The first-order chi connectivity index (χ1) is 27.2. The summed E-state index contributed by atoms with van der Waals surface area (Å²) in [6.07, 6.45) is 0. The molecule has 4 aromatic heterocycles. The summed E-state index contributed by atoms with van der Waals surface area (Å²) in [6, 6.07) is 58.3. The van der Waals surface area contributed by atoms with Crippen molar-refractivity contribution in [1.29, 1.82) is 0 Å². The monoisotopic (exact) mass is 708 g/mol. The largest absolute Gasteiger partial charge is 0.456 e. The van der Waals surface area contributed by atoms with E-state index in [4.69, 9.17) is 22.7 Å². The lowest BCUT2D eigenvalue weighted by Gasteiger charge is -2.26. The highest BCUT2D eigenvalue weighted by molar-refractivity contribution is 6.11. The number of hydrogen-bond acceptors (Lipinski definition) is 6. The highest BCUT2D eigenvalue weighted by Gasteiger charge is 2.19. The predicted octanol–water partition coefficient (Wildman–Crippen LogP) is 14.3. The number of benzene rings is 8. The molecule has 0 aliphatic rings. The molecule has 12 aromatic rings. The molecule has 6 nitrogen and oxygen atoms in total.